The van der Waals surface area contributed by atoms with Gasteiger partial charge in [-0.1, -0.05) is 49.6 Å². The molecule has 122 valence electrons. The van der Waals surface area contributed by atoms with Crippen LogP contribution >= 0.6 is 0 Å². The lowest BCUT2D eigenvalue weighted by molar-refractivity contribution is 0.0946. The maximum absolute atomic E-state index is 12.2. The van der Waals surface area contributed by atoms with Crippen LogP contribution in [-0.4, -0.2) is 17.4 Å². The molecule has 2 rings (SSSR count). The van der Waals surface area contributed by atoms with Crippen LogP contribution in [0.3, 0.4) is 0 Å². The molecule has 1 aromatic heterocycles. The molecule has 1 heterocycles. The summed E-state index contributed by atoms with van der Waals surface area (Å²) in [6, 6.07) is 11.8. The normalized spacial score (nSPS) is 10.3. The number of pyridine rings is 1. The molecule has 2 N–H and O–H groups in total. The Bertz CT molecular complexity index is 623. The molecule has 0 spiro atoms. The summed E-state index contributed by atoms with van der Waals surface area (Å²) in [7, 11) is 0. The van der Waals surface area contributed by atoms with Crippen molar-refractivity contribution in [3.8, 4) is 0 Å². The minimum Gasteiger partial charge on any atom is -0.385 e. The van der Waals surface area contributed by atoms with Gasteiger partial charge in [0.1, 0.15) is 5.69 Å². The summed E-state index contributed by atoms with van der Waals surface area (Å²) in [5, 5.41) is 6.24. The Morgan fingerprint density at radius 2 is 1.91 bits per heavy atom. The number of aryl methyl sites for hydroxylation is 1. The molecule has 0 unspecified atom stereocenters. The van der Waals surface area contributed by atoms with Crippen molar-refractivity contribution in [1.29, 1.82) is 0 Å². The van der Waals surface area contributed by atoms with Crippen LogP contribution in [0.2, 0.25) is 0 Å². The summed E-state index contributed by atoms with van der Waals surface area (Å²) < 4.78 is 0. The highest BCUT2D eigenvalue weighted by Crippen LogP contribution is 2.09. The molecule has 0 saturated heterocycles. The highest BCUT2D eigenvalue weighted by molar-refractivity contribution is 5.93. The molecule has 0 bridgehead atoms. The van der Waals surface area contributed by atoms with Gasteiger partial charge in [-0.25, -0.2) is 0 Å². The molecular weight excluding hydrogens is 286 g/mol. The highest BCUT2D eigenvalue weighted by Gasteiger charge is 2.07. The van der Waals surface area contributed by atoms with Crippen LogP contribution in [0.1, 0.15) is 47.8 Å². The molecule has 4 nitrogen and oxygen atoms in total. The number of nitrogens with zero attached hydrogens (tertiary/aromatic N) is 1. The third-order valence-corrected chi connectivity index (χ3v) is 3.68. The molecule has 4 heteroatoms. The van der Waals surface area contributed by atoms with Gasteiger partial charge in [-0.15, -0.1) is 0 Å². The van der Waals surface area contributed by atoms with Crippen LogP contribution in [-0.2, 0) is 6.54 Å². The van der Waals surface area contributed by atoms with E-state index in [2.05, 4.69) is 22.5 Å². The third kappa shape index (κ3) is 5.74. The Morgan fingerprint density at radius 3 is 2.65 bits per heavy atom. The average Bonchev–Trinajstić information content (AvgIpc) is 2.58. The van der Waals surface area contributed by atoms with Crippen molar-refractivity contribution >= 4 is 11.6 Å². The van der Waals surface area contributed by atoms with Crippen LogP contribution in [0, 0.1) is 6.92 Å². The number of unbranched alkanes of at least 4 members (excludes halogenated alkanes) is 2. The Hall–Kier alpha value is -2.36. The zero-order valence-corrected chi connectivity index (χ0v) is 13.9. The van der Waals surface area contributed by atoms with E-state index in [4.69, 9.17) is 0 Å². The molecule has 1 aromatic carbocycles. The van der Waals surface area contributed by atoms with Crippen molar-refractivity contribution in [2.24, 2.45) is 0 Å². The molecule has 0 atom stereocenters. The predicted molar refractivity (Wildman–Crippen MR) is 94.6 cm³/mol. The second-order valence-corrected chi connectivity index (χ2v) is 5.73. The van der Waals surface area contributed by atoms with Crippen LogP contribution in [0.4, 0.5) is 5.69 Å². The van der Waals surface area contributed by atoms with Crippen molar-refractivity contribution in [2.45, 2.75) is 39.7 Å². The van der Waals surface area contributed by atoms with Crippen LogP contribution in [0.25, 0.3) is 0 Å². The quantitative estimate of drug-likeness (QED) is 0.726. The molecule has 0 fully saturated rings. The van der Waals surface area contributed by atoms with Gasteiger partial charge in [0.25, 0.3) is 5.91 Å². The Kier molecular flexibility index (Phi) is 6.60. The van der Waals surface area contributed by atoms with E-state index in [-0.39, 0.29) is 5.91 Å². The summed E-state index contributed by atoms with van der Waals surface area (Å²) >= 11 is 0. The molecule has 2 aromatic rings. The van der Waals surface area contributed by atoms with Gasteiger partial charge in [0, 0.05) is 25.0 Å². The average molecular weight is 311 g/mol. The fourth-order valence-electron chi connectivity index (χ4n) is 2.25. The van der Waals surface area contributed by atoms with Crippen molar-refractivity contribution < 1.29 is 4.79 Å². The van der Waals surface area contributed by atoms with Crippen molar-refractivity contribution in [1.82, 2.24) is 10.3 Å². The lowest BCUT2D eigenvalue weighted by Crippen LogP contribution is -2.23. The van der Waals surface area contributed by atoms with Crippen molar-refractivity contribution in [3.63, 3.8) is 0 Å². The number of hydrogen-bond donors (Lipinski definition) is 2. The zero-order valence-electron chi connectivity index (χ0n) is 13.9. The first-order valence-corrected chi connectivity index (χ1v) is 8.22. The number of nitrogens with one attached hydrogen (secondary N) is 2. The molecule has 0 aliphatic rings. The van der Waals surface area contributed by atoms with Gasteiger partial charge < -0.3 is 10.6 Å². The minimum absolute atomic E-state index is 0.150. The number of rotatable bonds is 8. The Morgan fingerprint density at radius 1 is 1.13 bits per heavy atom. The number of benzene rings is 1. The summed E-state index contributed by atoms with van der Waals surface area (Å²) in [5.41, 5.74) is 3.68. The maximum Gasteiger partial charge on any atom is 0.270 e. The molecule has 0 saturated carbocycles. The highest BCUT2D eigenvalue weighted by atomic mass is 16.1. The van der Waals surface area contributed by atoms with E-state index in [9.17, 15) is 4.79 Å². The topological polar surface area (TPSA) is 54.0 Å². The third-order valence-electron chi connectivity index (χ3n) is 3.68. The lowest BCUT2D eigenvalue weighted by Gasteiger charge is -2.08. The van der Waals surface area contributed by atoms with Crippen LogP contribution < -0.4 is 10.6 Å². The molecule has 0 radical (unpaired) electrons. The van der Waals surface area contributed by atoms with Crippen molar-refractivity contribution in [2.75, 3.05) is 11.9 Å². The minimum atomic E-state index is -0.150. The second kappa shape index (κ2) is 8.93. The van der Waals surface area contributed by atoms with E-state index in [1.165, 1.54) is 18.4 Å². The number of carbonyl (C=O) groups excluding carboxylic acids is 1. The van der Waals surface area contributed by atoms with Crippen LogP contribution in [0.15, 0.2) is 42.6 Å². The Labute approximate surface area is 138 Å². The summed E-state index contributed by atoms with van der Waals surface area (Å²) in [4.78, 5) is 16.4. The molecule has 23 heavy (non-hydrogen) atoms. The number of carbonyl (C=O) groups is 1. The number of aromatic nitrogens is 1. The zero-order chi connectivity index (χ0) is 16.5. The molecule has 0 aliphatic heterocycles. The van der Waals surface area contributed by atoms with Gasteiger partial charge >= 0.3 is 0 Å². The van der Waals surface area contributed by atoms with Gasteiger partial charge in [-0.3, -0.25) is 9.78 Å². The Balaban J connectivity index is 1.87. The molecular formula is C19H25N3O. The van der Waals surface area contributed by atoms with Gasteiger partial charge in [-0.05, 0) is 31.0 Å². The van der Waals surface area contributed by atoms with E-state index in [0.717, 1.165) is 24.2 Å². The van der Waals surface area contributed by atoms with Crippen LogP contribution in [0.5, 0.6) is 0 Å². The fraction of sp³-hybridized carbons (Fsp3) is 0.368. The SMILES string of the molecule is CCCCCNc1ccnc(C(=O)NCc2ccc(C)cc2)c1. The smallest absolute Gasteiger partial charge is 0.270 e. The standard InChI is InChI=1S/C19H25N3O/c1-3-4-5-11-20-17-10-12-21-18(13-17)19(23)22-14-16-8-6-15(2)7-9-16/h6-10,12-13H,3-5,11,14H2,1-2H3,(H,20,21)(H,22,23). The lowest BCUT2D eigenvalue weighted by atomic mass is 10.1. The number of hydrogen-bond acceptors (Lipinski definition) is 3. The first-order valence-electron chi connectivity index (χ1n) is 8.22. The molecule has 0 aliphatic carbocycles. The summed E-state index contributed by atoms with van der Waals surface area (Å²) in [6.07, 6.45) is 5.21. The van der Waals surface area contributed by atoms with Gasteiger partial charge in [-0.2, -0.15) is 0 Å². The number of anilines is 1. The largest absolute Gasteiger partial charge is 0.385 e. The predicted octanol–water partition coefficient (Wildman–Crippen LogP) is 3.92. The summed E-state index contributed by atoms with van der Waals surface area (Å²) in [6.45, 7) is 5.66. The maximum atomic E-state index is 12.2. The fourth-order valence-corrected chi connectivity index (χ4v) is 2.25. The van der Waals surface area contributed by atoms with Gasteiger partial charge in [0.15, 0.2) is 0 Å². The van der Waals surface area contributed by atoms with Gasteiger partial charge in [0.2, 0.25) is 0 Å². The van der Waals surface area contributed by atoms with E-state index in [0.29, 0.717) is 12.2 Å². The van der Waals surface area contributed by atoms with Gasteiger partial charge in [0.05, 0.1) is 0 Å². The molecule has 1 amide bonds. The van der Waals surface area contributed by atoms with E-state index in [1.54, 1.807) is 12.3 Å². The monoisotopic (exact) mass is 311 g/mol. The first-order chi connectivity index (χ1) is 11.2. The number of amides is 1. The van der Waals surface area contributed by atoms with E-state index >= 15 is 0 Å². The van der Waals surface area contributed by atoms with Crippen molar-refractivity contribution in [3.05, 3.63) is 59.4 Å². The van der Waals surface area contributed by atoms with E-state index < -0.39 is 0 Å². The first kappa shape index (κ1) is 17.0. The van der Waals surface area contributed by atoms with E-state index in [1.807, 2.05) is 37.3 Å². The summed E-state index contributed by atoms with van der Waals surface area (Å²) in [5.74, 6) is -0.150. The second-order valence-electron chi connectivity index (χ2n) is 5.73.